The van der Waals surface area contributed by atoms with Crippen LogP contribution in [0, 0.1) is 23.7 Å². The van der Waals surface area contributed by atoms with E-state index in [1.165, 1.54) is 51.6 Å². The molecule has 1 amide bonds. The van der Waals surface area contributed by atoms with Gasteiger partial charge in [0, 0.05) is 38.7 Å². The van der Waals surface area contributed by atoms with Gasteiger partial charge < -0.3 is 39.2 Å². The topological polar surface area (TPSA) is 130 Å². The summed E-state index contributed by atoms with van der Waals surface area (Å²) in [6.45, 7) is 26.4. The van der Waals surface area contributed by atoms with E-state index in [0.717, 1.165) is 57.5 Å². The van der Waals surface area contributed by atoms with Crippen molar-refractivity contribution >= 4 is 17.5 Å². The Morgan fingerprint density at radius 1 is 0.673 bits per heavy atom. The number of ether oxygens (including phenoxy) is 5. The zero-order valence-electron chi connectivity index (χ0n) is 34.5. The normalized spacial score (nSPS) is 20.8. The Kier molecular flexibility index (Phi) is 27.9. The Balaban J connectivity index is 0.000000809. The van der Waals surface area contributed by atoms with E-state index in [2.05, 4.69) is 16.7 Å². The molecule has 52 heavy (non-hydrogen) atoms. The van der Waals surface area contributed by atoms with E-state index in [1.54, 1.807) is 6.92 Å². The number of carbonyl (C=O) groups excluding carboxylic acids is 3. The van der Waals surface area contributed by atoms with Gasteiger partial charge >= 0.3 is 0 Å². The maximum absolute atomic E-state index is 11.5. The molecule has 0 aromatic carbocycles. The molecule has 3 rings (SSSR count). The lowest BCUT2D eigenvalue weighted by Crippen LogP contribution is -2.48. The van der Waals surface area contributed by atoms with E-state index in [-0.39, 0.29) is 31.9 Å². The fraction of sp³-hybridized carbons (Fsp3) is 0.927. The molecule has 1 saturated carbocycles. The standard InChI is InChI=1S/C19H36N2O3.C12H22O.C10H21NO4.H2/c1-16(2)24-15-14-23-13-12-20-8-6-19(7-9-20)21-10-4-18(5-11-21)17(3)22;1-9(2)12(13)8-11-6-4-10(3)5-7-11;1-9(2)15-8-7-14-6-5-13-4-3-10(11)12;/h16,18-19H,4-15H2,1-3H3;9-11H,4-8H2,1-3H3;9H,3-8H2,1-2H3,(H2,11,12);1H. The minimum Gasteiger partial charge on any atom is -0.379 e. The molecule has 3 fully saturated rings. The summed E-state index contributed by atoms with van der Waals surface area (Å²) in [7, 11) is 0. The number of rotatable bonds is 22. The fourth-order valence-corrected chi connectivity index (χ4v) is 6.71. The highest BCUT2D eigenvalue weighted by Crippen LogP contribution is 2.31. The number of nitrogens with two attached hydrogens (primary N) is 1. The van der Waals surface area contributed by atoms with Crippen LogP contribution in [-0.4, -0.2) is 131 Å². The predicted octanol–water partition coefficient (Wildman–Crippen LogP) is 6.19. The van der Waals surface area contributed by atoms with E-state index in [9.17, 15) is 14.4 Å². The molecule has 0 unspecified atom stereocenters. The predicted molar refractivity (Wildman–Crippen MR) is 211 cm³/mol. The number of amides is 1. The molecule has 0 aromatic heterocycles. The molecule has 0 atom stereocenters. The van der Waals surface area contributed by atoms with Gasteiger partial charge in [-0.15, -0.1) is 0 Å². The van der Waals surface area contributed by atoms with Gasteiger partial charge in [-0.05, 0) is 111 Å². The van der Waals surface area contributed by atoms with E-state index in [0.29, 0.717) is 69.7 Å². The maximum atomic E-state index is 11.5. The lowest BCUT2D eigenvalue weighted by Gasteiger charge is -2.41. The van der Waals surface area contributed by atoms with Crippen LogP contribution in [-0.2, 0) is 38.1 Å². The fourth-order valence-electron chi connectivity index (χ4n) is 6.71. The Morgan fingerprint density at radius 3 is 1.65 bits per heavy atom. The third-order valence-electron chi connectivity index (χ3n) is 10.2. The van der Waals surface area contributed by atoms with Crippen LogP contribution in [0.4, 0.5) is 0 Å². The first-order valence-electron chi connectivity index (χ1n) is 20.5. The highest BCUT2D eigenvalue weighted by molar-refractivity contribution is 5.80. The summed E-state index contributed by atoms with van der Waals surface area (Å²) in [5.41, 5.74) is 4.93. The van der Waals surface area contributed by atoms with Gasteiger partial charge in [0.15, 0.2) is 0 Å². The molecule has 0 bridgehead atoms. The molecule has 11 nitrogen and oxygen atoms in total. The first kappa shape index (κ1) is 48.5. The summed E-state index contributed by atoms with van der Waals surface area (Å²) >= 11 is 0. The minimum absolute atomic E-state index is 0. The first-order valence-corrected chi connectivity index (χ1v) is 20.5. The molecule has 3 aliphatic rings. The lowest BCUT2D eigenvalue weighted by atomic mass is 9.80. The van der Waals surface area contributed by atoms with Crippen molar-refractivity contribution in [3.05, 3.63) is 0 Å². The summed E-state index contributed by atoms with van der Waals surface area (Å²) in [6.07, 6.45) is 11.5. The number of piperidine rings is 2. The summed E-state index contributed by atoms with van der Waals surface area (Å²) < 4.78 is 26.7. The van der Waals surface area contributed by atoms with Crippen LogP contribution in [0.1, 0.15) is 121 Å². The van der Waals surface area contributed by atoms with Gasteiger partial charge in [0.2, 0.25) is 5.91 Å². The maximum Gasteiger partial charge on any atom is 0.219 e. The first-order chi connectivity index (χ1) is 24.8. The quantitative estimate of drug-likeness (QED) is 0.128. The van der Waals surface area contributed by atoms with Gasteiger partial charge in [0.05, 0.1) is 65.1 Å². The van der Waals surface area contributed by atoms with Crippen molar-refractivity contribution < 1.29 is 39.5 Å². The number of Topliss-reactive ketones (excluding diaryl/α,β-unsaturated/α-hetero) is 2. The van der Waals surface area contributed by atoms with Gasteiger partial charge in [-0.25, -0.2) is 0 Å². The minimum atomic E-state index is -0.346. The summed E-state index contributed by atoms with van der Waals surface area (Å²) in [6, 6.07) is 0.717. The molecule has 1 aliphatic carbocycles. The van der Waals surface area contributed by atoms with Crippen molar-refractivity contribution in [3.63, 3.8) is 0 Å². The Hall–Kier alpha value is -1.47. The summed E-state index contributed by atoms with van der Waals surface area (Å²) in [5, 5.41) is 0. The van der Waals surface area contributed by atoms with Gasteiger partial charge in [-0.2, -0.15) is 0 Å². The van der Waals surface area contributed by atoms with E-state index >= 15 is 0 Å². The van der Waals surface area contributed by atoms with E-state index < -0.39 is 0 Å². The van der Waals surface area contributed by atoms with Crippen molar-refractivity contribution in [2.45, 2.75) is 138 Å². The Bertz CT molecular complexity index is 917. The van der Waals surface area contributed by atoms with Gasteiger partial charge in [-0.1, -0.05) is 33.6 Å². The monoisotopic (exact) mass is 744 g/mol. The summed E-state index contributed by atoms with van der Waals surface area (Å²) in [4.78, 5) is 38.4. The van der Waals surface area contributed by atoms with E-state index in [4.69, 9.17) is 29.4 Å². The number of hydrogen-bond acceptors (Lipinski definition) is 10. The molecule has 308 valence electrons. The lowest BCUT2D eigenvalue weighted by molar-refractivity contribution is -0.123. The average molecular weight is 744 g/mol. The average Bonchev–Trinajstić information content (AvgIpc) is 3.10. The number of primary amides is 1. The highest BCUT2D eigenvalue weighted by Gasteiger charge is 2.29. The molecule has 2 heterocycles. The van der Waals surface area contributed by atoms with Crippen LogP contribution in [0.15, 0.2) is 0 Å². The molecule has 0 spiro atoms. The highest BCUT2D eigenvalue weighted by atomic mass is 16.5. The van der Waals surface area contributed by atoms with Crippen LogP contribution in [0.2, 0.25) is 0 Å². The molecule has 2 aliphatic heterocycles. The third-order valence-corrected chi connectivity index (χ3v) is 10.2. The zero-order chi connectivity index (χ0) is 38.7. The molecule has 0 aromatic rings. The smallest absolute Gasteiger partial charge is 0.219 e. The summed E-state index contributed by atoms with van der Waals surface area (Å²) in [5.74, 6) is 2.64. The number of nitrogens with zero attached hydrogens (tertiary/aromatic N) is 2. The van der Waals surface area contributed by atoms with Crippen molar-refractivity contribution in [2.24, 2.45) is 29.4 Å². The number of hydrogen-bond donors (Lipinski definition) is 1. The number of carbonyl (C=O) groups is 3. The molecule has 2 saturated heterocycles. The Labute approximate surface area is 319 Å². The van der Waals surface area contributed by atoms with Crippen LogP contribution in [0.5, 0.6) is 0 Å². The van der Waals surface area contributed by atoms with Crippen LogP contribution < -0.4 is 5.73 Å². The number of ketones is 2. The molecular weight excluding hydrogens is 662 g/mol. The second-order valence-corrected chi connectivity index (χ2v) is 15.8. The van der Waals surface area contributed by atoms with Crippen LogP contribution in [0.25, 0.3) is 0 Å². The second kappa shape index (κ2) is 29.8. The third kappa shape index (κ3) is 25.5. The van der Waals surface area contributed by atoms with E-state index in [1.807, 2.05) is 41.5 Å². The molecule has 11 heteroatoms. The van der Waals surface area contributed by atoms with Gasteiger partial charge in [0.1, 0.15) is 11.6 Å². The van der Waals surface area contributed by atoms with Crippen molar-refractivity contribution in [2.75, 3.05) is 85.6 Å². The number of likely N-dealkylation sites (tertiary alicyclic amines) is 2. The Morgan fingerprint density at radius 2 is 1.17 bits per heavy atom. The van der Waals surface area contributed by atoms with Crippen molar-refractivity contribution in [3.8, 4) is 0 Å². The molecule has 2 N–H and O–H groups in total. The van der Waals surface area contributed by atoms with Gasteiger partial charge in [-0.3, -0.25) is 14.4 Å². The second-order valence-electron chi connectivity index (χ2n) is 15.8. The SMILES string of the molecule is CC(=O)C1CCN(C2CCN(CCOCCOC(C)C)CC2)CC1.CC(C)OCCOCCOCCC(N)=O.CC1CCC(CC(=O)C(C)C)CC1.[HH]. The van der Waals surface area contributed by atoms with Crippen molar-refractivity contribution in [1.82, 2.24) is 9.80 Å². The zero-order valence-corrected chi connectivity index (χ0v) is 34.5. The van der Waals surface area contributed by atoms with Crippen LogP contribution >= 0.6 is 0 Å². The largest absolute Gasteiger partial charge is 0.379 e. The van der Waals surface area contributed by atoms with Crippen LogP contribution in [0.3, 0.4) is 0 Å². The van der Waals surface area contributed by atoms with Gasteiger partial charge in [0.25, 0.3) is 0 Å². The molecular formula is C41H81N3O8. The molecule has 0 radical (unpaired) electrons. The van der Waals surface area contributed by atoms with Crippen molar-refractivity contribution in [1.29, 1.82) is 0 Å².